The Morgan fingerprint density at radius 1 is 1.31 bits per heavy atom. The molecule has 3 rings (SSSR count). The molecule has 0 unspecified atom stereocenters. The minimum absolute atomic E-state index is 0.174. The second-order valence-corrected chi connectivity index (χ2v) is 9.23. The Kier molecular flexibility index (Phi) is 6.30. The Balaban J connectivity index is 1.69. The van der Waals surface area contributed by atoms with Gasteiger partial charge in [-0.05, 0) is 30.5 Å². The highest BCUT2D eigenvalue weighted by molar-refractivity contribution is 7.97. The first kappa shape index (κ1) is 19.3. The summed E-state index contributed by atoms with van der Waals surface area (Å²) in [6.07, 6.45) is 1.99. The first-order valence-corrected chi connectivity index (χ1v) is 11.6. The lowest BCUT2D eigenvalue weighted by Gasteiger charge is -2.26. The fraction of sp³-hybridized carbons (Fsp3) is 0.375. The summed E-state index contributed by atoms with van der Waals surface area (Å²) in [5.41, 5.74) is 1.30. The molecule has 0 radical (unpaired) electrons. The maximum absolute atomic E-state index is 12.6. The van der Waals surface area contributed by atoms with E-state index in [9.17, 15) is 13.2 Å². The smallest absolute Gasteiger partial charge is 0.257 e. The fourth-order valence-corrected chi connectivity index (χ4v) is 5.12. The van der Waals surface area contributed by atoms with Crippen molar-refractivity contribution >= 4 is 44.2 Å². The lowest BCUT2D eigenvalue weighted by Crippen LogP contribution is -2.40. The highest BCUT2D eigenvalue weighted by atomic mass is 32.2. The van der Waals surface area contributed by atoms with Crippen molar-refractivity contribution in [3.8, 4) is 0 Å². The fourth-order valence-electron chi connectivity index (χ4n) is 2.46. The van der Waals surface area contributed by atoms with E-state index in [2.05, 4.69) is 10.3 Å². The third-order valence-electron chi connectivity index (χ3n) is 3.79. The maximum atomic E-state index is 12.6. The van der Waals surface area contributed by atoms with Crippen molar-refractivity contribution in [2.45, 2.75) is 10.6 Å². The Morgan fingerprint density at radius 2 is 2.00 bits per heavy atom. The zero-order valence-corrected chi connectivity index (χ0v) is 16.6. The van der Waals surface area contributed by atoms with Gasteiger partial charge in [0.1, 0.15) is 0 Å². The number of sulfonamides is 1. The molecule has 7 nitrogen and oxygen atoms in total. The number of rotatable bonds is 6. The normalized spacial score (nSPS) is 15.7. The number of aromatic nitrogens is 1. The van der Waals surface area contributed by atoms with Crippen LogP contribution in [0.5, 0.6) is 0 Å². The number of thiazole rings is 1. The number of carbonyl (C=O) groups excluding carboxylic acids is 1. The zero-order chi connectivity index (χ0) is 18.6. The molecular formula is C16H19N3O4S3. The number of thioether (sulfide) groups is 1. The molecule has 1 amide bonds. The molecule has 2 heterocycles. The number of benzene rings is 1. The van der Waals surface area contributed by atoms with Crippen molar-refractivity contribution in [2.75, 3.05) is 37.9 Å². The summed E-state index contributed by atoms with van der Waals surface area (Å²) in [5, 5.41) is 5.18. The Bertz CT molecular complexity index is 859. The van der Waals surface area contributed by atoms with E-state index in [1.54, 1.807) is 11.8 Å². The van der Waals surface area contributed by atoms with E-state index in [-0.39, 0.29) is 10.8 Å². The summed E-state index contributed by atoms with van der Waals surface area (Å²) in [4.78, 5) is 16.8. The monoisotopic (exact) mass is 413 g/mol. The van der Waals surface area contributed by atoms with E-state index in [1.807, 2.05) is 11.6 Å². The number of morpholine rings is 1. The summed E-state index contributed by atoms with van der Waals surface area (Å²) in [6, 6.07) is 5.94. The van der Waals surface area contributed by atoms with Crippen LogP contribution >= 0.6 is 23.1 Å². The molecule has 2 aromatic rings. The van der Waals surface area contributed by atoms with Crippen LogP contribution < -0.4 is 5.32 Å². The summed E-state index contributed by atoms with van der Waals surface area (Å²) in [6.45, 7) is 1.47. The molecule has 26 heavy (non-hydrogen) atoms. The van der Waals surface area contributed by atoms with Gasteiger partial charge in [0.2, 0.25) is 10.0 Å². The molecular weight excluding hydrogens is 394 g/mol. The summed E-state index contributed by atoms with van der Waals surface area (Å²) in [7, 11) is -3.56. The van der Waals surface area contributed by atoms with Crippen molar-refractivity contribution in [3.05, 3.63) is 40.9 Å². The number of anilines is 1. The topological polar surface area (TPSA) is 88.6 Å². The average molecular weight is 414 g/mol. The van der Waals surface area contributed by atoms with E-state index in [1.165, 1.54) is 39.9 Å². The molecule has 1 fully saturated rings. The first-order valence-electron chi connectivity index (χ1n) is 7.93. The van der Waals surface area contributed by atoms with Gasteiger partial charge in [-0.3, -0.25) is 10.1 Å². The molecule has 0 atom stereocenters. The Morgan fingerprint density at radius 3 is 2.65 bits per heavy atom. The van der Waals surface area contributed by atoms with E-state index < -0.39 is 10.0 Å². The Hall–Kier alpha value is -1.46. The van der Waals surface area contributed by atoms with Crippen LogP contribution in [0.3, 0.4) is 0 Å². The first-order chi connectivity index (χ1) is 12.5. The number of ether oxygens (including phenoxy) is 1. The summed E-state index contributed by atoms with van der Waals surface area (Å²) in [5.74, 6) is 0.478. The second-order valence-electron chi connectivity index (χ2n) is 5.57. The van der Waals surface area contributed by atoms with Crippen LogP contribution in [0.1, 0.15) is 16.1 Å². The van der Waals surface area contributed by atoms with Gasteiger partial charge >= 0.3 is 0 Å². The van der Waals surface area contributed by atoms with Gasteiger partial charge in [0.25, 0.3) is 5.91 Å². The van der Waals surface area contributed by atoms with Gasteiger partial charge in [-0.2, -0.15) is 16.1 Å². The van der Waals surface area contributed by atoms with Crippen molar-refractivity contribution in [2.24, 2.45) is 0 Å². The van der Waals surface area contributed by atoms with Crippen LogP contribution in [-0.2, 0) is 20.5 Å². The third-order valence-corrected chi connectivity index (χ3v) is 7.09. The molecule has 0 spiro atoms. The van der Waals surface area contributed by atoms with E-state index >= 15 is 0 Å². The minimum Gasteiger partial charge on any atom is -0.379 e. The largest absolute Gasteiger partial charge is 0.379 e. The van der Waals surface area contributed by atoms with Crippen molar-refractivity contribution in [3.63, 3.8) is 0 Å². The van der Waals surface area contributed by atoms with Crippen molar-refractivity contribution < 1.29 is 17.9 Å². The quantitative estimate of drug-likeness (QED) is 0.782. The number of amides is 1. The molecule has 1 aliphatic rings. The van der Waals surface area contributed by atoms with Gasteiger partial charge in [-0.15, -0.1) is 11.3 Å². The maximum Gasteiger partial charge on any atom is 0.257 e. The number of hydrogen-bond acceptors (Lipinski definition) is 7. The molecule has 1 aromatic carbocycles. The van der Waals surface area contributed by atoms with Gasteiger partial charge in [0.05, 0.1) is 23.8 Å². The molecule has 0 aliphatic carbocycles. The van der Waals surface area contributed by atoms with Crippen LogP contribution in [0.2, 0.25) is 0 Å². The summed E-state index contributed by atoms with van der Waals surface area (Å²) >= 11 is 3.03. The third kappa shape index (κ3) is 4.44. The van der Waals surface area contributed by atoms with Crippen LogP contribution in [0.25, 0.3) is 0 Å². The standard InChI is InChI=1S/C16H19N3O4S3/c1-24-10-13-11-25-16(17-13)18-15(20)12-2-4-14(5-3-12)26(21,22)19-6-8-23-9-7-19/h2-5,11H,6-10H2,1H3,(H,17,18,20). The zero-order valence-electron chi connectivity index (χ0n) is 14.2. The van der Waals surface area contributed by atoms with Gasteiger partial charge in [0.15, 0.2) is 5.13 Å². The average Bonchev–Trinajstić information content (AvgIpc) is 3.10. The van der Waals surface area contributed by atoms with Crippen LogP contribution in [0, 0.1) is 0 Å². The number of carbonyl (C=O) groups is 1. The Labute approximate surface area is 160 Å². The van der Waals surface area contributed by atoms with Crippen molar-refractivity contribution in [1.82, 2.24) is 9.29 Å². The molecule has 140 valence electrons. The molecule has 1 saturated heterocycles. The van der Waals surface area contributed by atoms with Crippen LogP contribution in [-0.4, -0.2) is 56.2 Å². The predicted molar refractivity (Wildman–Crippen MR) is 103 cm³/mol. The number of hydrogen-bond donors (Lipinski definition) is 1. The summed E-state index contributed by atoms with van der Waals surface area (Å²) < 4.78 is 31.8. The molecule has 10 heteroatoms. The van der Waals surface area contributed by atoms with Gasteiger partial charge in [-0.1, -0.05) is 0 Å². The van der Waals surface area contributed by atoms with Crippen LogP contribution in [0.15, 0.2) is 34.5 Å². The molecule has 1 N–H and O–H groups in total. The lowest BCUT2D eigenvalue weighted by atomic mass is 10.2. The van der Waals surface area contributed by atoms with E-state index in [0.29, 0.717) is 37.0 Å². The highest BCUT2D eigenvalue weighted by Gasteiger charge is 2.26. The van der Waals surface area contributed by atoms with E-state index in [0.717, 1.165) is 11.4 Å². The lowest BCUT2D eigenvalue weighted by molar-refractivity contribution is 0.0730. The van der Waals surface area contributed by atoms with Crippen LogP contribution in [0.4, 0.5) is 5.13 Å². The molecule has 0 bridgehead atoms. The molecule has 0 saturated carbocycles. The molecule has 1 aromatic heterocycles. The van der Waals surface area contributed by atoms with Gasteiger partial charge in [0, 0.05) is 29.8 Å². The van der Waals surface area contributed by atoms with Crippen molar-refractivity contribution in [1.29, 1.82) is 0 Å². The molecule has 1 aliphatic heterocycles. The van der Waals surface area contributed by atoms with E-state index in [4.69, 9.17) is 4.74 Å². The number of nitrogens with one attached hydrogen (secondary N) is 1. The van der Waals surface area contributed by atoms with Gasteiger partial charge < -0.3 is 4.74 Å². The number of nitrogens with zero attached hydrogens (tertiary/aromatic N) is 2. The second kappa shape index (κ2) is 8.49. The highest BCUT2D eigenvalue weighted by Crippen LogP contribution is 2.21. The SMILES string of the molecule is CSCc1csc(NC(=O)c2ccc(S(=O)(=O)N3CCOCC3)cc2)n1. The van der Waals surface area contributed by atoms with Gasteiger partial charge in [-0.25, -0.2) is 13.4 Å². The minimum atomic E-state index is -3.56. The predicted octanol–water partition coefficient (Wildman–Crippen LogP) is 2.28.